The number of β-lactam (4-membered cyclic amide) rings is 1. The molecule has 3 atom stereocenters. The fraction of sp³-hybridized carbons (Fsp3) is 0.333. The Kier molecular flexibility index (Phi) is 9.13. The van der Waals surface area contributed by atoms with Crippen LogP contribution >= 0.6 is 46.2 Å². The van der Waals surface area contributed by atoms with Gasteiger partial charge in [0.15, 0.2) is 34.1 Å². The van der Waals surface area contributed by atoms with Gasteiger partial charge in [-0.2, -0.15) is 0 Å². The molecule has 1 unspecified atom stereocenters. The number of alkyl halides is 1. The fourth-order valence-electron chi connectivity index (χ4n) is 4.13. The minimum Gasteiger partial charge on any atom is -0.478 e. The molecule has 3 aromatic rings. The quantitative estimate of drug-likeness (QED) is 0.0710. The van der Waals surface area contributed by atoms with Gasteiger partial charge in [0, 0.05) is 23.0 Å². The Labute approximate surface area is 258 Å². The topological polar surface area (TPSA) is 201 Å². The number of nitrogens with one attached hydrogen (secondary N) is 1. The summed E-state index contributed by atoms with van der Waals surface area (Å²) in [5.41, 5.74) is 6.39. The van der Waals surface area contributed by atoms with E-state index in [-0.39, 0.29) is 34.5 Å². The van der Waals surface area contributed by atoms with Crippen molar-refractivity contribution in [3.63, 3.8) is 0 Å². The molecule has 19 heteroatoms. The number of aromatic nitrogens is 3. The number of thioether (sulfide) groups is 2. The third-order valence-corrected chi connectivity index (χ3v) is 10.5. The van der Waals surface area contributed by atoms with Gasteiger partial charge >= 0.3 is 11.9 Å². The van der Waals surface area contributed by atoms with Crippen LogP contribution in [0.3, 0.4) is 0 Å². The second kappa shape index (κ2) is 12.8. The number of carboxylic acid groups (broad SMARTS) is 2. The van der Waals surface area contributed by atoms with Crippen LogP contribution in [0, 0.1) is 0 Å². The molecule has 5 N–H and O–H groups in total. The molecule has 1 saturated heterocycles. The van der Waals surface area contributed by atoms with E-state index in [2.05, 4.69) is 20.4 Å². The van der Waals surface area contributed by atoms with Crippen molar-refractivity contribution in [2.45, 2.75) is 35.3 Å². The van der Waals surface area contributed by atoms with E-state index in [0.717, 1.165) is 20.9 Å². The molecule has 0 spiro atoms. The lowest BCUT2D eigenvalue weighted by Gasteiger charge is -2.49. The number of nitrogens with two attached hydrogens (primary N) is 1. The molecule has 1 fully saturated rings. The van der Waals surface area contributed by atoms with Gasteiger partial charge in [0.05, 0.1) is 4.70 Å². The van der Waals surface area contributed by atoms with E-state index >= 15 is 0 Å². The number of thiazole rings is 2. The van der Waals surface area contributed by atoms with Crippen molar-refractivity contribution in [1.82, 2.24) is 20.2 Å². The van der Waals surface area contributed by atoms with Crippen molar-refractivity contribution in [2.24, 2.45) is 5.16 Å². The number of fused-ring (bicyclic) bond motifs is 2. The predicted octanol–water partition coefficient (Wildman–Crippen LogP) is 1.32. The average molecular weight is 669 g/mol. The summed E-state index contributed by atoms with van der Waals surface area (Å²) in [6.45, 7) is 0.946. The Morgan fingerprint density at radius 2 is 2.16 bits per heavy atom. The molecule has 0 bridgehead atoms. The third-order valence-electron chi connectivity index (χ3n) is 6.25. The van der Waals surface area contributed by atoms with Crippen molar-refractivity contribution >= 4 is 91.0 Å². The van der Waals surface area contributed by atoms with Crippen molar-refractivity contribution < 1.29 is 43.2 Å². The molecule has 2 amide bonds. The van der Waals surface area contributed by atoms with Crippen LogP contribution in [0.2, 0.25) is 0 Å². The monoisotopic (exact) mass is 668 g/mol. The molecule has 5 rings (SSSR count). The number of aliphatic carboxylic acids is 2. The third kappa shape index (κ3) is 6.43. The van der Waals surface area contributed by atoms with Gasteiger partial charge in [-0.3, -0.25) is 14.5 Å². The SMILES string of the molecule is C[C@H](ON=C(C(=O)NC1C(=O)N2C(C(=O)O)=C(CSc3nc4c[n+](CCF)ccc4s3)CS[C@@H]12)c1csc(N)n1)C(=O)O. The number of nitrogen functional groups attached to an aromatic ring is 1. The molecule has 2 aliphatic heterocycles. The summed E-state index contributed by atoms with van der Waals surface area (Å²) < 4.78 is 16.0. The second-order valence-electron chi connectivity index (χ2n) is 9.10. The van der Waals surface area contributed by atoms with Gasteiger partial charge in [-0.15, -0.1) is 34.4 Å². The van der Waals surface area contributed by atoms with Crippen molar-refractivity contribution in [2.75, 3.05) is 23.9 Å². The van der Waals surface area contributed by atoms with Crippen LogP contribution in [0.15, 0.2) is 44.6 Å². The maximum Gasteiger partial charge on any atom is 0.352 e. The molecule has 3 aromatic heterocycles. The number of rotatable bonds is 12. The number of carbonyl (C=O) groups excluding carboxylic acids is 2. The maximum absolute atomic E-state index is 13.2. The number of hydrogen-bond donors (Lipinski definition) is 4. The van der Waals surface area contributed by atoms with Crippen LogP contribution in [-0.2, 0) is 30.6 Å². The minimum atomic E-state index is -1.37. The van der Waals surface area contributed by atoms with Crippen LogP contribution in [0.5, 0.6) is 0 Å². The number of oxime groups is 1. The number of aryl methyl sites for hydroxylation is 1. The minimum absolute atomic E-state index is 0.0232. The Bertz CT molecular complexity index is 1680. The standard InChI is InChI=1S/C24H22FN7O7S4/c1-10(21(35)36)39-30-15(13-9-41-23(26)27-13)18(33)29-16-19(34)32-17(22(37)38)11(7-40-20(16)32)8-42-24-28-12-6-31(5-3-25)4-2-14(12)43-24/h2,4,6,9-10,16,20H,3,5,7-8H2,1H3,(H4-,26,27,29,33,35,36,37,38)/p+1/t10-,16?,20-/m0/s1. The lowest BCUT2D eigenvalue weighted by molar-refractivity contribution is -0.695. The normalized spacial score (nSPS) is 19.2. The Balaban J connectivity index is 1.30. The molecule has 43 heavy (non-hydrogen) atoms. The molecule has 14 nitrogen and oxygen atoms in total. The van der Waals surface area contributed by atoms with Gasteiger partial charge in [0.1, 0.15) is 35.0 Å². The molecule has 226 valence electrons. The number of halogens is 1. The summed E-state index contributed by atoms with van der Waals surface area (Å²) in [6.07, 6.45) is 2.16. The average Bonchev–Trinajstić information content (AvgIpc) is 3.59. The second-order valence-corrected chi connectivity index (χ2v) is 13.4. The number of anilines is 1. The predicted molar refractivity (Wildman–Crippen MR) is 157 cm³/mol. The Morgan fingerprint density at radius 1 is 1.37 bits per heavy atom. The number of amides is 2. The smallest absolute Gasteiger partial charge is 0.352 e. The molecule has 0 aromatic carbocycles. The number of hydrogen-bond acceptors (Lipinski definition) is 13. The van der Waals surface area contributed by atoms with Crippen molar-refractivity contribution in [3.8, 4) is 0 Å². The molecular formula is C24H23FN7O7S4+. The zero-order valence-corrected chi connectivity index (χ0v) is 25.4. The van der Waals surface area contributed by atoms with E-state index in [0.29, 0.717) is 21.2 Å². The van der Waals surface area contributed by atoms with Gasteiger partial charge < -0.3 is 26.1 Å². The first kappa shape index (κ1) is 30.6. The highest BCUT2D eigenvalue weighted by atomic mass is 32.2. The summed E-state index contributed by atoms with van der Waals surface area (Å²) in [5.74, 6) is -3.51. The van der Waals surface area contributed by atoms with E-state index < -0.39 is 47.9 Å². The van der Waals surface area contributed by atoms with Crippen LogP contribution in [0.4, 0.5) is 9.52 Å². The van der Waals surface area contributed by atoms with Crippen molar-refractivity contribution in [3.05, 3.63) is 40.8 Å². The van der Waals surface area contributed by atoms with Crippen LogP contribution in [0.25, 0.3) is 10.2 Å². The first-order valence-electron chi connectivity index (χ1n) is 12.4. The summed E-state index contributed by atoms with van der Waals surface area (Å²) in [7, 11) is 0. The van der Waals surface area contributed by atoms with E-state index in [1.54, 1.807) is 17.0 Å². The molecular weight excluding hydrogens is 646 g/mol. The summed E-state index contributed by atoms with van der Waals surface area (Å²) in [4.78, 5) is 64.3. The highest BCUT2D eigenvalue weighted by Gasteiger charge is 2.54. The molecule has 5 heterocycles. The molecule has 0 saturated carbocycles. The number of carbonyl (C=O) groups is 4. The Hall–Kier alpha value is -3.81. The van der Waals surface area contributed by atoms with Crippen LogP contribution in [-0.4, -0.2) is 90.2 Å². The van der Waals surface area contributed by atoms with Crippen LogP contribution in [0.1, 0.15) is 12.6 Å². The van der Waals surface area contributed by atoms with Gasteiger partial charge in [0.25, 0.3) is 11.8 Å². The fourth-order valence-corrected chi connectivity index (χ4v) is 8.20. The molecule has 0 aliphatic carbocycles. The number of carboxylic acids is 2. The van der Waals surface area contributed by atoms with E-state index in [4.69, 9.17) is 15.7 Å². The highest BCUT2D eigenvalue weighted by molar-refractivity contribution is 8.02. The largest absolute Gasteiger partial charge is 0.478 e. The first-order chi connectivity index (χ1) is 20.6. The molecule has 0 radical (unpaired) electrons. The maximum atomic E-state index is 13.2. The Morgan fingerprint density at radius 3 is 2.84 bits per heavy atom. The lowest BCUT2D eigenvalue weighted by atomic mass is 10.0. The summed E-state index contributed by atoms with van der Waals surface area (Å²) in [6, 6.07) is 0.778. The zero-order chi connectivity index (χ0) is 30.8. The van der Waals surface area contributed by atoms with Gasteiger partial charge in [0.2, 0.25) is 6.10 Å². The van der Waals surface area contributed by atoms with E-state index in [1.807, 2.05) is 6.07 Å². The van der Waals surface area contributed by atoms with Crippen molar-refractivity contribution in [1.29, 1.82) is 0 Å². The number of pyridine rings is 1. The van der Waals surface area contributed by atoms with Gasteiger partial charge in [-0.1, -0.05) is 16.9 Å². The van der Waals surface area contributed by atoms with E-state index in [1.165, 1.54) is 47.2 Å². The number of nitrogens with zero attached hydrogens (tertiary/aromatic N) is 5. The zero-order valence-electron chi connectivity index (χ0n) is 22.1. The molecule has 2 aliphatic rings. The summed E-state index contributed by atoms with van der Waals surface area (Å²) in [5, 5.41) is 26.1. The van der Waals surface area contributed by atoms with E-state index in [9.17, 15) is 28.7 Å². The van der Waals surface area contributed by atoms with Gasteiger partial charge in [-0.25, -0.2) is 28.5 Å². The summed E-state index contributed by atoms with van der Waals surface area (Å²) >= 11 is 5.09. The van der Waals surface area contributed by atoms with Gasteiger partial charge in [-0.05, 0) is 12.5 Å². The highest BCUT2D eigenvalue weighted by Crippen LogP contribution is 2.42. The first-order valence-corrected chi connectivity index (χ1v) is 16.2. The van der Waals surface area contributed by atoms with Crippen LogP contribution < -0.4 is 15.6 Å². The lowest BCUT2D eigenvalue weighted by Crippen LogP contribution is -2.71.